The van der Waals surface area contributed by atoms with Gasteiger partial charge in [0.2, 0.25) is 5.78 Å². The summed E-state index contributed by atoms with van der Waals surface area (Å²) in [6.45, 7) is 0. The number of carbonyl (C=O) groups is 2. The SMILES string of the molecule is COc1cccc(C(=O)Nc2cccc(OC(CCCl)C(=O)c3ccc(F)cc3)c2)c1. The van der Waals surface area contributed by atoms with Crippen molar-refractivity contribution >= 4 is 29.0 Å². The molecule has 1 amide bonds. The number of anilines is 1. The number of alkyl halides is 1. The van der Waals surface area contributed by atoms with Gasteiger partial charge in [0, 0.05) is 35.2 Å². The van der Waals surface area contributed by atoms with Crippen molar-refractivity contribution in [1.82, 2.24) is 0 Å². The zero-order chi connectivity index (χ0) is 22.2. The molecule has 0 radical (unpaired) electrons. The third kappa shape index (κ3) is 6.06. The Kier molecular flexibility index (Phi) is 7.62. The maximum absolute atomic E-state index is 13.2. The summed E-state index contributed by atoms with van der Waals surface area (Å²) in [6.07, 6.45) is -0.565. The van der Waals surface area contributed by atoms with Crippen LogP contribution < -0.4 is 14.8 Å². The summed E-state index contributed by atoms with van der Waals surface area (Å²) >= 11 is 5.85. The van der Waals surface area contributed by atoms with Crippen molar-refractivity contribution in [2.75, 3.05) is 18.3 Å². The molecule has 0 heterocycles. The molecule has 0 aliphatic heterocycles. The van der Waals surface area contributed by atoms with Gasteiger partial charge in [-0.2, -0.15) is 0 Å². The number of nitrogens with one attached hydrogen (secondary N) is 1. The highest BCUT2D eigenvalue weighted by atomic mass is 35.5. The van der Waals surface area contributed by atoms with Crippen LogP contribution in [0, 0.1) is 5.82 Å². The standard InChI is InChI=1S/C24H21ClFNO4/c1-30-20-6-2-4-17(14-20)24(29)27-19-5-3-7-21(15-19)31-22(12-13-25)23(28)16-8-10-18(26)11-9-16/h2-11,14-15,22H,12-13H2,1H3,(H,27,29). The normalized spacial score (nSPS) is 11.5. The van der Waals surface area contributed by atoms with Gasteiger partial charge in [-0.05, 0) is 54.6 Å². The van der Waals surface area contributed by atoms with E-state index in [9.17, 15) is 14.0 Å². The number of ether oxygens (including phenoxy) is 2. The highest BCUT2D eigenvalue weighted by Crippen LogP contribution is 2.22. The van der Waals surface area contributed by atoms with Crippen LogP contribution in [0.4, 0.5) is 10.1 Å². The van der Waals surface area contributed by atoms with E-state index in [1.165, 1.54) is 31.4 Å². The van der Waals surface area contributed by atoms with Crippen molar-refractivity contribution in [3.8, 4) is 11.5 Å². The number of benzene rings is 3. The predicted molar refractivity (Wildman–Crippen MR) is 118 cm³/mol. The monoisotopic (exact) mass is 441 g/mol. The fourth-order valence-corrected chi connectivity index (χ4v) is 3.12. The largest absolute Gasteiger partial charge is 0.497 e. The average Bonchev–Trinajstić information content (AvgIpc) is 2.79. The Balaban J connectivity index is 1.73. The van der Waals surface area contributed by atoms with E-state index in [0.717, 1.165) is 0 Å². The molecular formula is C24H21ClFNO4. The van der Waals surface area contributed by atoms with E-state index in [1.54, 1.807) is 48.5 Å². The Morgan fingerprint density at radius 3 is 2.39 bits per heavy atom. The van der Waals surface area contributed by atoms with Crippen molar-refractivity contribution in [1.29, 1.82) is 0 Å². The average molecular weight is 442 g/mol. The summed E-state index contributed by atoms with van der Waals surface area (Å²) < 4.78 is 24.2. The van der Waals surface area contributed by atoms with Crippen LogP contribution in [0.1, 0.15) is 27.1 Å². The van der Waals surface area contributed by atoms with Gasteiger partial charge < -0.3 is 14.8 Å². The molecule has 3 aromatic rings. The number of rotatable bonds is 9. The molecule has 0 bridgehead atoms. The van der Waals surface area contributed by atoms with E-state index in [0.29, 0.717) is 28.3 Å². The van der Waals surface area contributed by atoms with E-state index in [-0.39, 0.29) is 24.0 Å². The van der Waals surface area contributed by atoms with Gasteiger partial charge in [-0.3, -0.25) is 9.59 Å². The lowest BCUT2D eigenvalue weighted by molar-refractivity contribution is 0.0787. The van der Waals surface area contributed by atoms with Crippen molar-refractivity contribution in [3.05, 3.63) is 89.7 Å². The number of methoxy groups -OCH3 is 1. The Morgan fingerprint density at radius 1 is 0.968 bits per heavy atom. The van der Waals surface area contributed by atoms with E-state index in [4.69, 9.17) is 21.1 Å². The number of carbonyl (C=O) groups excluding carboxylic acids is 2. The maximum Gasteiger partial charge on any atom is 0.255 e. The molecule has 0 spiro atoms. The molecule has 1 atom stereocenters. The van der Waals surface area contributed by atoms with E-state index < -0.39 is 11.9 Å². The molecule has 5 nitrogen and oxygen atoms in total. The number of hydrogen-bond donors (Lipinski definition) is 1. The molecule has 1 unspecified atom stereocenters. The van der Waals surface area contributed by atoms with Gasteiger partial charge in [0.25, 0.3) is 5.91 Å². The lowest BCUT2D eigenvalue weighted by Crippen LogP contribution is -2.28. The second kappa shape index (κ2) is 10.6. The molecule has 0 saturated heterocycles. The Morgan fingerprint density at radius 2 is 1.68 bits per heavy atom. The van der Waals surface area contributed by atoms with Crippen LogP contribution >= 0.6 is 11.6 Å². The van der Waals surface area contributed by atoms with Crippen molar-refractivity contribution in [3.63, 3.8) is 0 Å². The maximum atomic E-state index is 13.2. The van der Waals surface area contributed by atoms with Crippen molar-refractivity contribution < 1.29 is 23.5 Å². The minimum atomic E-state index is -0.840. The minimum absolute atomic E-state index is 0.212. The molecule has 160 valence electrons. The number of halogens is 2. The summed E-state index contributed by atoms with van der Waals surface area (Å²) in [6, 6.07) is 18.8. The second-order valence-electron chi connectivity index (χ2n) is 6.67. The number of ketones is 1. The Bertz CT molecular complexity index is 1060. The third-order valence-electron chi connectivity index (χ3n) is 4.49. The van der Waals surface area contributed by atoms with Crippen molar-refractivity contribution in [2.45, 2.75) is 12.5 Å². The lowest BCUT2D eigenvalue weighted by atomic mass is 10.0. The quantitative estimate of drug-likeness (QED) is 0.359. The smallest absolute Gasteiger partial charge is 0.255 e. The van der Waals surface area contributed by atoms with Gasteiger partial charge in [-0.15, -0.1) is 11.6 Å². The predicted octanol–water partition coefficient (Wildman–Crippen LogP) is 5.35. The molecular weight excluding hydrogens is 421 g/mol. The first-order valence-corrected chi connectivity index (χ1v) is 10.1. The fraction of sp³-hybridized carbons (Fsp3) is 0.167. The van der Waals surface area contributed by atoms with E-state index in [2.05, 4.69) is 5.32 Å². The Labute approximate surface area is 184 Å². The molecule has 1 N–H and O–H groups in total. The van der Waals surface area contributed by atoms with Gasteiger partial charge in [-0.1, -0.05) is 12.1 Å². The molecule has 0 aliphatic rings. The first-order valence-electron chi connectivity index (χ1n) is 9.58. The number of amides is 1. The van der Waals surface area contributed by atoms with Gasteiger partial charge in [-0.25, -0.2) is 4.39 Å². The van der Waals surface area contributed by atoms with Gasteiger partial charge >= 0.3 is 0 Å². The summed E-state index contributed by atoms with van der Waals surface area (Å²) in [5.41, 5.74) is 1.28. The third-order valence-corrected chi connectivity index (χ3v) is 4.71. The molecule has 0 aromatic heterocycles. The topological polar surface area (TPSA) is 64.6 Å². The first-order chi connectivity index (χ1) is 15.0. The van der Waals surface area contributed by atoms with Gasteiger partial charge in [0.15, 0.2) is 6.10 Å². The number of hydrogen-bond acceptors (Lipinski definition) is 4. The first kappa shape index (κ1) is 22.3. The Hall–Kier alpha value is -3.38. The zero-order valence-corrected chi connectivity index (χ0v) is 17.6. The van der Waals surface area contributed by atoms with Gasteiger partial charge in [0.05, 0.1) is 7.11 Å². The zero-order valence-electron chi connectivity index (χ0n) is 16.8. The minimum Gasteiger partial charge on any atom is -0.497 e. The summed E-state index contributed by atoms with van der Waals surface area (Å²) in [5, 5.41) is 2.80. The fourth-order valence-electron chi connectivity index (χ4n) is 2.92. The summed E-state index contributed by atoms with van der Waals surface area (Å²) in [7, 11) is 1.53. The van der Waals surface area contributed by atoms with Crippen LogP contribution in [0.3, 0.4) is 0 Å². The van der Waals surface area contributed by atoms with Gasteiger partial charge in [0.1, 0.15) is 17.3 Å². The summed E-state index contributed by atoms with van der Waals surface area (Å²) in [4.78, 5) is 25.3. The molecule has 0 fully saturated rings. The number of Topliss-reactive ketones (excluding diaryl/α,β-unsaturated/α-hetero) is 1. The van der Waals surface area contributed by atoms with Crippen molar-refractivity contribution in [2.24, 2.45) is 0 Å². The molecule has 3 aromatic carbocycles. The van der Waals surface area contributed by atoms with E-state index in [1.807, 2.05) is 0 Å². The second-order valence-corrected chi connectivity index (χ2v) is 7.05. The molecule has 3 rings (SSSR count). The molecule has 7 heteroatoms. The lowest BCUT2D eigenvalue weighted by Gasteiger charge is -2.18. The van der Waals surface area contributed by atoms with Crippen LogP contribution in [0.25, 0.3) is 0 Å². The molecule has 0 aliphatic carbocycles. The highest BCUT2D eigenvalue weighted by molar-refractivity contribution is 6.18. The summed E-state index contributed by atoms with van der Waals surface area (Å²) in [5.74, 6) is 0.152. The van der Waals surface area contributed by atoms with Crippen LogP contribution in [0.2, 0.25) is 0 Å². The van der Waals surface area contributed by atoms with Crippen LogP contribution in [-0.4, -0.2) is 30.8 Å². The van der Waals surface area contributed by atoms with Crippen LogP contribution in [0.5, 0.6) is 11.5 Å². The van der Waals surface area contributed by atoms with Crippen LogP contribution in [0.15, 0.2) is 72.8 Å². The highest BCUT2D eigenvalue weighted by Gasteiger charge is 2.22. The van der Waals surface area contributed by atoms with E-state index >= 15 is 0 Å². The van der Waals surface area contributed by atoms with Crippen LogP contribution in [-0.2, 0) is 0 Å². The molecule has 31 heavy (non-hydrogen) atoms. The molecule has 0 saturated carbocycles.